The first-order chi connectivity index (χ1) is 8.27. The van der Waals surface area contributed by atoms with Crippen molar-refractivity contribution >= 4 is 16.5 Å². The highest BCUT2D eigenvalue weighted by Gasteiger charge is 2.07. The summed E-state index contributed by atoms with van der Waals surface area (Å²) in [7, 11) is 1.95. The molecule has 0 heterocycles. The number of nitrogens with zero attached hydrogens (tertiary/aromatic N) is 2. The molecule has 0 aromatic heterocycles. The van der Waals surface area contributed by atoms with Crippen LogP contribution in [0.5, 0.6) is 0 Å². The maximum atomic E-state index is 9.07. The normalized spacial score (nSPS) is 9.59. The van der Waals surface area contributed by atoms with Crippen LogP contribution in [0, 0.1) is 23.7 Å². The van der Waals surface area contributed by atoms with Crippen molar-refractivity contribution in [2.45, 2.75) is 0 Å². The fourth-order valence-corrected chi connectivity index (χ4v) is 1.94. The number of benzene rings is 2. The highest BCUT2D eigenvalue weighted by Crippen LogP contribution is 2.28. The zero-order valence-corrected chi connectivity index (χ0v) is 9.64. The van der Waals surface area contributed by atoms with Gasteiger partial charge in [0.2, 0.25) is 0 Å². The van der Waals surface area contributed by atoms with Crippen LogP contribution in [-0.2, 0) is 0 Å². The molecule has 2 nitrogen and oxygen atoms in total. The molecular formula is C15H12N2. The van der Waals surface area contributed by atoms with Crippen molar-refractivity contribution in [1.29, 1.82) is 5.26 Å². The fraction of sp³-hybridized carbons (Fsp3) is 0.133. The third-order valence-electron chi connectivity index (χ3n) is 2.76. The highest BCUT2D eigenvalue weighted by molar-refractivity contribution is 5.97. The molecule has 0 unspecified atom stereocenters. The second-order valence-corrected chi connectivity index (χ2v) is 3.85. The summed E-state index contributed by atoms with van der Waals surface area (Å²) < 4.78 is 0. The average molecular weight is 220 g/mol. The summed E-state index contributed by atoms with van der Waals surface area (Å²) in [5.41, 5.74) is 1.75. The lowest BCUT2D eigenvalue weighted by molar-refractivity contribution is 1.06. The molecule has 17 heavy (non-hydrogen) atoms. The van der Waals surface area contributed by atoms with Crippen LogP contribution in [0.25, 0.3) is 10.8 Å². The molecule has 0 spiro atoms. The molecule has 0 radical (unpaired) electrons. The van der Waals surface area contributed by atoms with E-state index in [2.05, 4.69) is 12.0 Å². The van der Waals surface area contributed by atoms with Crippen LogP contribution in [0.2, 0.25) is 0 Å². The molecule has 0 N–H and O–H groups in total. The predicted octanol–water partition coefficient (Wildman–Crippen LogP) is 2.78. The van der Waals surface area contributed by atoms with Gasteiger partial charge in [0.25, 0.3) is 0 Å². The van der Waals surface area contributed by atoms with Gasteiger partial charge in [0.05, 0.1) is 18.2 Å². The molecule has 0 amide bonds. The molecule has 2 heteroatoms. The molecule has 0 saturated heterocycles. The molecule has 2 rings (SSSR count). The van der Waals surface area contributed by atoms with E-state index in [0.717, 1.165) is 16.5 Å². The van der Waals surface area contributed by atoms with E-state index in [1.54, 1.807) is 0 Å². The Bertz CT molecular complexity index is 629. The molecule has 0 saturated carbocycles. The minimum atomic E-state index is 0.551. The summed E-state index contributed by atoms with van der Waals surface area (Å²) in [5, 5.41) is 11.1. The number of terminal acetylenes is 1. The van der Waals surface area contributed by atoms with E-state index in [1.165, 1.54) is 0 Å². The van der Waals surface area contributed by atoms with Crippen LogP contribution >= 0.6 is 0 Å². The average Bonchev–Trinajstić information content (AvgIpc) is 2.37. The maximum Gasteiger partial charge on any atom is 0.0998 e. The molecule has 2 aromatic rings. The first-order valence-electron chi connectivity index (χ1n) is 5.34. The van der Waals surface area contributed by atoms with Crippen molar-refractivity contribution in [3.63, 3.8) is 0 Å². The van der Waals surface area contributed by atoms with E-state index in [0.29, 0.717) is 12.1 Å². The Kier molecular flexibility index (Phi) is 2.99. The van der Waals surface area contributed by atoms with Crippen molar-refractivity contribution in [2.24, 2.45) is 0 Å². The number of hydrogen-bond acceptors (Lipinski definition) is 2. The topological polar surface area (TPSA) is 27.0 Å². The van der Waals surface area contributed by atoms with Gasteiger partial charge in [-0.1, -0.05) is 30.2 Å². The molecule has 2 aromatic carbocycles. The Hall–Kier alpha value is -2.45. The minimum Gasteiger partial charge on any atom is -0.363 e. The Morgan fingerprint density at radius 1 is 1.18 bits per heavy atom. The first-order valence-corrected chi connectivity index (χ1v) is 5.34. The van der Waals surface area contributed by atoms with Crippen molar-refractivity contribution in [3.8, 4) is 18.4 Å². The molecule has 0 fully saturated rings. The second-order valence-electron chi connectivity index (χ2n) is 3.85. The molecule has 0 atom stereocenters. The van der Waals surface area contributed by atoms with E-state index in [9.17, 15) is 0 Å². The molecule has 0 aliphatic heterocycles. The van der Waals surface area contributed by atoms with E-state index < -0.39 is 0 Å². The van der Waals surface area contributed by atoms with Crippen LogP contribution in [0.15, 0.2) is 36.4 Å². The molecular weight excluding hydrogens is 208 g/mol. The summed E-state index contributed by atoms with van der Waals surface area (Å²) in [6.45, 7) is 0.551. The SMILES string of the molecule is C#CCN(C)c1ccc(C#N)c2ccccc12. The Balaban J connectivity index is 2.68. The fourth-order valence-electron chi connectivity index (χ4n) is 1.94. The third-order valence-corrected chi connectivity index (χ3v) is 2.76. The van der Waals surface area contributed by atoms with Crippen molar-refractivity contribution in [1.82, 2.24) is 0 Å². The minimum absolute atomic E-state index is 0.551. The zero-order valence-electron chi connectivity index (χ0n) is 9.64. The molecule has 0 aliphatic rings. The lowest BCUT2D eigenvalue weighted by Crippen LogP contribution is -2.17. The third kappa shape index (κ3) is 1.94. The Labute approximate surface area is 101 Å². The Morgan fingerprint density at radius 2 is 1.88 bits per heavy atom. The van der Waals surface area contributed by atoms with Crippen LogP contribution in [0.3, 0.4) is 0 Å². The number of rotatable bonds is 2. The van der Waals surface area contributed by atoms with Gasteiger partial charge in [0.1, 0.15) is 0 Å². The van der Waals surface area contributed by atoms with E-state index in [-0.39, 0.29) is 0 Å². The molecule has 0 aliphatic carbocycles. The van der Waals surface area contributed by atoms with Crippen LogP contribution in [0.4, 0.5) is 5.69 Å². The van der Waals surface area contributed by atoms with E-state index >= 15 is 0 Å². The first kappa shape index (κ1) is 11.0. The highest BCUT2D eigenvalue weighted by atomic mass is 15.1. The van der Waals surface area contributed by atoms with Crippen molar-refractivity contribution in [2.75, 3.05) is 18.5 Å². The predicted molar refractivity (Wildman–Crippen MR) is 70.8 cm³/mol. The molecule has 0 bridgehead atoms. The van der Waals surface area contributed by atoms with E-state index in [1.807, 2.05) is 48.3 Å². The smallest absolute Gasteiger partial charge is 0.0998 e. The quantitative estimate of drug-likeness (QED) is 0.728. The zero-order chi connectivity index (χ0) is 12.3. The van der Waals surface area contributed by atoms with Gasteiger partial charge in [-0.3, -0.25) is 0 Å². The van der Waals surface area contributed by atoms with E-state index in [4.69, 9.17) is 11.7 Å². The summed E-state index contributed by atoms with van der Waals surface area (Å²) in [5.74, 6) is 2.62. The number of anilines is 1. The van der Waals surface area contributed by atoms with Gasteiger partial charge in [-0.2, -0.15) is 5.26 Å². The van der Waals surface area contributed by atoms with Crippen molar-refractivity contribution in [3.05, 3.63) is 42.0 Å². The number of hydrogen-bond donors (Lipinski definition) is 0. The van der Waals surface area contributed by atoms with Crippen LogP contribution in [-0.4, -0.2) is 13.6 Å². The van der Waals surface area contributed by atoms with Gasteiger partial charge < -0.3 is 4.90 Å². The number of fused-ring (bicyclic) bond motifs is 1. The molecule has 82 valence electrons. The largest absolute Gasteiger partial charge is 0.363 e. The van der Waals surface area contributed by atoms with Gasteiger partial charge in [0, 0.05) is 23.5 Å². The maximum absolute atomic E-state index is 9.07. The van der Waals surface area contributed by atoms with Gasteiger partial charge >= 0.3 is 0 Å². The second kappa shape index (κ2) is 4.60. The Morgan fingerprint density at radius 3 is 2.53 bits per heavy atom. The van der Waals surface area contributed by atoms with Gasteiger partial charge in [-0.05, 0) is 12.1 Å². The standard InChI is InChI=1S/C15H12N2/c1-3-10-17(2)15-9-8-12(11-16)13-6-4-5-7-14(13)15/h1,4-9H,10H2,2H3. The van der Waals surface area contributed by atoms with Crippen LogP contribution < -0.4 is 4.90 Å². The van der Waals surface area contributed by atoms with Gasteiger partial charge in [-0.25, -0.2) is 0 Å². The summed E-state index contributed by atoms with van der Waals surface area (Å²) in [4.78, 5) is 2.00. The summed E-state index contributed by atoms with van der Waals surface area (Å²) in [6, 6.07) is 13.9. The monoisotopic (exact) mass is 220 g/mol. The van der Waals surface area contributed by atoms with Gasteiger partial charge in [0.15, 0.2) is 0 Å². The summed E-state index contributed by atoms with van der Waals surface area (Å²) >= 11 is 0. The lowest BCUT2D eigenvalue weighted by Gasteiger charge is -2.18. The lowest BCUT2D eigenvalue weighted by atomic mass is 10.0. The van der Waals surface area contributed by atoms with Gasteiger partial charge in [-0.15, -0.1) is 6.42 Å². The van der Waals surface area contributed by atoms with Crippen molar-refractivity contribution < 1.29 is 0 Å². The summed E-state index contributed by atoms with van der Waals surface area (Å²) in [6.07, 6.45) is 5.32. The van der Waals surface area contributed by atoms with Crippen LogP contribution in [0.1, 0.15) is 5.56 Å². The number of nitriles is 1.